The van der Waals surface area contributed by atoms with Gasteiger partial charge in [0.25, 0.3) is 0 Å². The van der Waals surface area contributed by atoms with E-state index in [2.05, 4.69) is 6.58 Å². The molecule has 0 saturated carbocycles. The molecule has 0 atom stereocenters. The number of carbonyl (C=O) groups is 1. The fourth-order valence-corrected chi connectivity index (χ4v) is 1.72. The number of phenols is 1. The van der Waals surface area contributed by atoms with Gasteiger partial charge in [0.05, 0.1) is 5.56 Å². The lowest BCUT2D eigenvalue weighted by Crippen LogP contribution is -2.03. The molecule has 3 nitrogen and oxygen atoms in total. The quantitative estimate of drug-likeness (QED) is 0.658. The van der Waals surface area contributed by atoms with Crippen LogP contribution in [-0.4, -0.2) is 17.5 Å². The topological polar surface area (TPSA) is 46.5 Å². The summed E-state index contributed by atoms with van der Waals surface area (Å²) in [5.41, 5.74) is 0.756. The highest BCUT2D eigenvalue weighted by Gasteiger charge is 2.16. The van der Waals surface area contributed by atoms with Crippen molar-refractivity contribution in [2.45, 2.75) is 0 Å². The first-order chi connectivity index (χ1) is 9.24. The van der Waals surface area contributed by atoms with Crippen LogP contribution < -0.4 is 4.74 Å². The van der Waals surface area contributed by atoms with Crippen molar-refractivity contribution in [3.8, 4) is 11.5 Å². The third-order valence-electron chi connectivity index (χ3n) is 2.64. The van der Waals surface area contributed by atoms with Gasteiger partial charge in [-0.1, -0.05) is 49.1 Å². The number of ether oxygens (including phenoxy) is 1. The fourth-order valence-electron chi connectivity index (χ4n) is 1.72. The molecule has 0 radical (unpaired) electrons. The van der Waals surface area contributed by atoms with E-state index in [1.165, 1.54) is 0 Å². The van der Waals surface area contributed by atoms with Gasteiger partial charge in [-0.2, -0.15) is 0 Å². The summed E-state index contributed by atoms with van der Waals surface area (Å²) in [6, 6.07) is 13.7. The molecule has 0 aliphatic rings. The molecule has 0 saturated heterocycles. The Balaban J connectivity index is 2.35. The average molecular weight is 254 g/mol. The van der Waals surface area contributed by atoms with Crippen molar-refractivity contribution in [2.24, 2.45) is 0 Å². The van der Waals surface area contributed by atoms with Gasteiger partial charge in [0.15, 0.2) is 17.3 Å². The molecule has 3 heteroatoms. The molecule has 0 fully saturated rings. The van der Waals surface area contributed by atoms with Gasteiger partial charge in [0, 0.05) is 5.56 Å². The summed E-state index contributed by atoms with van der Waals surface area (Å²) >= 11 is 0. The van der Waals surface area contributed by atoms with Gasteiger partial charge < -0.3 is 9.84 Å². The van der Waals surface area contributed by atoms with Gasteiger partial charge >= 0.3 is 0 Å². The standard InChI is InChI=1S/C16H14O3/c1-2-11-19-14-10-6-9-13(16(14)18)15(17)12-7-4-3-5-8-12/h2-10,18H,1,11H2. The number of benzene rings is 2. The number of hydrogen-bond acceptors (Lipinski definition) is 3. The first kappa shape index (κ1) is 12.9. The van der Waals surface area contributed by atoms with Crippen LogP contribution in [0.15, 0.2) is 61.2 Å². The number of para-hydroxylation sites is 1. The minimum Gasteiger partial charge on any atom is -0.504 e. The van der Waals surface area contributed by atoms with Crippen LogP contribution in [0.3, 0.4) is 0 Å². The highest BCUT2D eigenvalue weighted by Crippen LogP contribution is 2.31. The summed E-state index contributed by atoms with van der Waals surface area (Å²) in [5, 5.41) is 10.1. The fraction of sp³-hybridized carbons (Fsp3) is 0.0625. The maximum absolute atomic E-state index is 12.3. The minimum atomic E-state index is -0.234. The van der Waals surface area contributed by atoms with E-state index in [4.69, 9.17) is 4.74 Å². The van der Waals surface area contributed by atoms with Crippen LogP contribution in [0, 0.1) is 0 Å². The van der Waals surface area contributed by atoms with Gasteiger partial charge in [-0.3, -0.25) is 4.79 Å². The van der Waals surface area contributed by atoms with Gasteiger partial charge in [-0.25, -0.2) is 0 Å². The zero-order chi connectivity index (χ0) is 13.7. The van der Waals surface area contributed by atoms with Crippen molar-refractivity contribution in [3.05, 3.63) is 72.3 Å². The lowest BCUT2D eigenvalue weighted by Gasteiger charge is -2.09. The van der Waals surface area contributed by atoms with Crippen LogP contribution >= 0.6 is 0 Å². The highest BCUT2D eigenvalue weighted by molar-refractivity contribution is 6.11. The Morgan fingerprint density at radius 3 is 2.58 bits per heavy atom. The maximum Gasteiger partial charge on any atom is 0.196 e. The largest absolute Gasteiger partial charge is 0.504 e. The molecule has 0 spiro atoms. The number of phenolic OH excluding ortho intramolecular Hbond substituents is 1. The molecule has 0 aromatic heterocycles. The minimum absolute atomic E-state index is 0.141. The zero-order valence-corrected chi connectivity index (χ0v) is 10.4. The molecule has 19 heavy (non-hydrogen) atoms. The Labute approximate surface area is 111 Å². The highest BCUT2D eigenvalue weighted by atomic mass is 16.5. The van der Waals surface area contributed by atoms with Crippen molar-refractivity contribution in [1.82, 2.24) is 0 Å². The van der Waals surface area contributed by atoms with Gasteiger partial charge in [-0.05, 0) is 12.1 Å². The van der Waals surface area contributed by atoms with Gasteiger partial charge in [0.2, 0.25) is 0 Å². The maximum atomic E-state index is 12.3. The molecule has 0 aliphatic carbocycles. The van der Waals surface area contributed by atoms with E-state index in [1.54, 1.807) is 48.5 Å². The van der Waals surface area contributed by atoms with E-state index in [0.717, 1.165) is 0 Å². The summed E-state index contributed by atoms with van der Waals surface area (Å²) in [4.78, 5) is 12.3. The van der Waals surface area contributed by atoms with Crippen molar-refractivity contribution in [1.29, 1.82) is 0 Å². The van der Waals surface area contributed by atoms with Crippen molar-refractivity contribution < 1.29 is 14.6 Å². The molecule has 2 aromatic carbocycles. The predicted octanol–water partition coefficient (Wildman–Crippen LogP) is 3.19. The molecule has 0 amide bonds. The molecule has 96 valence electrons. The van der Waals surface area contributed by atoms with Crippen LogP contribution in [0.4, 0.5) is 0 Å². The van der Waals surface area contributed by atoms with Gasteiger partial charge in [0.1, 0.15) is 6.61 Å². The number of carbonyl (C=O) groups excluding carboxylic acids is 1. The van der Waals surface area contributed by atoms with E-state index in [-0.39, 0.29) is 29.5 Å². The van der Waals surface area contributed by atoms with E-state index in [0.29, 0.717) is 5.56 Å². The van der Waals surface area contributed by atoms with E-state index < -0.39 is 0 Å². The number of rotatable bonds is 5. The molecular weight excluding hydrogens is 240 g/mol. The second-order valence-corrected chi connectivity index (χ2v) is 3.95. The smallest absolute Gasteiger partial charge is 0.196 e. The molecule has 0 unspecified atom stereocenters. The first-order valence-corrected chi connectivity index (χ1v) is 5.89. The van der Waals surface area contributed by atoms with E-state index >= 15 is 0 Å². The average Bonchev–Trinajstić information content (AvgIpc) is 2.46. The lowest BCUT2D eigenvalue weighted by atomic mass is 10.0. The van der Waals surface area contributed by atoms with E-state index in [1.807, 2.05) is 6.07 Å². The van der Waals surface area contributed by atoms with E-state index in [9.17, 15) is 9.90 Å². The zero-order valence-electron chi connectivity index (χ0n) is 10.4. The molecule has 1 N–H and O–H groups in total. The lowest BCUT2D eigenvalue weighted by molar-refractivity contribution is 0.103. The number of aromatic hydroxyl groups is 1. The van der Waals surface area contributed by atoms with Crippen molar-refractivity contribution in [3.63, 3.8) is 0 Å². The third-order valence-corrected chi connectivity index (χ3v) is 2.64. The summed E-state index contributed by atoms with van der Waals surface area (Å²) < 4.78 is 5.29. The van der Waals surface area contributed by atoms with Gasteiger partial charge in [-0.15, -0.1) is 0 Å². The Morgan fingerprint density at radius 1 is 1.16 bits per heavy atom. The molecular formula is C16H14O3. The van der Waals surface area contributed by atoms with Crippen LogP contribution in [-0.2, 0) is 0 Å². The summed E-state index contributed by atoms with van der Waals surface area (Å²) in [7, 11) is 0. The SMILES string of the molecule is C=CCOc1cccc(C(=O)c2ccccc2)c1O. The Kier molecular flexibility index (Phi) is 3.98. The Bertz CT molecular complexity index is 588. The Hall–Kier alpha value is -2.55. The number of hydrogen-bond donors (Lipinski definition) is 1. The van der Waals surface area contributed by atoms with Crippen molar-refractivity contribution >= 4 is 5.78 Å². The molecule has 2 rings (SSSR count). The number of ketones is 1. The normalized spacial score (nSPS) is 9.89. The first-order valence-electron chi connectivity index (χ1n) is 5.89. The molecule has 0 aliphatic heterocycles. The summed E-state index contributed by atoms with van der Waals surface area (Å²) in [6.45, 7) is 3.81. The van der Waals surface area contributed by atoms with Crippen LogP contribution in [0.5, 0.6) is 11.5 Å². The van der Waals surface area contributed by atoms with Crippen LogP contribution in [0.2, 0.25) is 0 Å². The predicted molar refractivity (Wildman–Crippen MR) is 73.7 cm³/mol. The third kappa shape index (κ3) is 2.83. The molecule has 2 aromatic rings. The van der Waals surface area contributed by atoms with Crippen molar-refractivity contribution in [2.75, 3.05) is 6.61 Å². The summed E-state index contributed by atoms with van der Waals surface area (Å²) in [5.74, 6) is -0.0953. The monoisotopic (exact) mass is 254 g/mol. The molecule has 0 bridgehead atoms. The second kappa shape index (κ2) is 5.87. The second-order valence-electron chi connectivity index (χ2n) is 3.95. The van der Waals surface area contributed by atoms with Crippen LogP contribution in [0.25, 0.3) is 0 Å². The van der Waals surface area contributed by atoms with Crippen LogP contribution in [0.1, 0.15) is 15.9 Å². The summed E-state index contributed by atoms with van der Waals surface area (Å²) in [6.07, 6.45) is 1.57. The molecule has 0 heterocycles. The Morgan fingerprint density at radius 2 is 1.89 bits per heavy atom.